The van der Waals surface area contributed by atoms with Crippen molar-refractivity contribution in [2.75, 3.05) is 4.90 Å². The minimum absolute atomic E-state index is 0.243. The monoisotopic (exact) mass is 639 g/mol. The summed E-state index contributed by atoms with van der Waals surface area (Å²) < 4.78 is 39.2. The number of thioether (sulfide) groups is 1. The Morgan fingerprint density at radius 1 is 0.864 bits per heavy atom. The summed E-state index contributed by atoms with van der Waals surface area (Å²) in [6.07, 6.45) is 5.31. The van der Waals surface area contributed by atoms with Crippen molar-refractivity contribution in [3.8, 4) is 22.3 Å². The summed E-state index contributed by atoms with van der Waals surface area (Å²) in [7, 11) is -4.36. The predicted octanol–water partition coefficient (Wildman–Crippen LogP) is 9.41. The second-order valence-electron chi connectivity index (χ2n) is 10.7. The van der Waals surface area contributed by atoms with Crippen LogP contribution in [0.1, 0.15) is 38.6 Å². The molecule has 1 atom stereocenters. The molecule has 1 aliphatic rings. The van der Waals surface area contributed by atoms with Crippen molar-refractivity contribution in [1.82, 2.24) is 0 Å². The van der Waals surface area contributed by atoms with Gasteiger partial charge in [-0.3, -0.25) is 4.55 Å². The summed E-state index contributed by atoms with van der Waals surface area (Å²) in [6, 6.07) is 33.2. The van der Waals surface area contributed by atoms with E-state index < -0.39 is 15.5 Å². The molecule has 1 aromatic heterocycles. The van der Waals surface area contributed by atoms with E-state index in [1.807, 2.05) is 48.5 Å². The Bertz CT molecular complexity index is 1980. The lowest BCUT2D eigenvalue weighted by molar-refractivity contribution is -0.665. The minimum Gasteiger partial charge on any atom is -0.315 e. The third-order valence-corrected chi connectivity index (χ3v) is 11.4. The van der Waals surface area contributed by atoms with Gasteiger partial charge in [0.15, 0.2) is 5.37 Å². The van der Waals surface area contributed by atoms with Gasteiger partial charge in [0.1, 0.15) is 11.2 Å². The molecule has 1 N–H and O–H groups in total. The summed E-state index contributed by atoms with van der Waals surface area (Å²) in [6.45, 7) is 6.90. The molecule has 8 heteroatoms. The van der Waals surface area contributed by atoms with Crippen LogP contribution in [0, 0.1) is 0 Å². The second kappa shape index (κ2) is 12.7. The van der Waals surface area contributed by atoms with Gasteiger partial charge in [0.05, 0.1) is 10.7 Å². The molecule has 0 bridgehead atoms. The molecule has 0 aliphatic carbocycles. The van der Waals surface area contributed by atoms with Crippen LogP contribution >= 0.6 is 23.1 Å². The van der Waals surface area contributed by atoms with Crippen LogP contribution in [0.4, 0.5) is 5.69 Å². The molecule has 0 spiro atoms. The molecule has 5 nitrogen and oxygen atoms in total. The fourth-order valence-corrected chi connectivity index (χ4v) is 9.03. The third kappa shape index (κ3) is 6.00. The Kier molecular flexibility index (Phi) is 8.78. The molecule has 0 amide bonds. The number of allylic oxidation sites excluding steroid dienone is 2. The third-order valence-electron chi connectivity index (χ3n) is 7.94. The highest BCUT2D eigenvalue weighted by atomic mass is 32.2. The van der Waals surface area contributed by atoms with E-state index in [1.165, 1.54) is 21.3 Å². The first-order valence-corrected chi connectivity index (χ1v) is 18.0. The number of thiazole rings is 1. The summed E-state index contributed by atoms with van der Waals surface area (Å²) >= 11 is 3.30. The smallest absolute Gasteiger partial charge is 0.286 e. The molecular formula is C36H35N2O3S3+. The van der Waals surface area contributed by atoms with Gasteiger partial charge in [0.2, 0.25) is 5.52 Å². The molecule has 5 aromatic rings. The summed E-state index contributed by atoms with van der Waals surface area (Å²) in [4.78, 5) is 2.77. The van der Waals surface area contributed by atoms with Crippen molar-refractivity contribution in [1.29, 1.82) is 0 Å². The zero-order valence-electron chi connectivity index (χ0n) is 25.0. The van der Waals surface area contributed by atoms with Gasteiger partial charge in [-0.2, -0.15) is 13.0 Å². The predicted molar refractivity (Wildman–Crippen MR) is 185 cm³/mol. The first-order chi connectivity index (χ1) is 21.3. The molecular weight excluding hydrogens is 605 g/mol. The van der Waals surface area contributed by atoms with Gasteiger partial charge in [-0.1, -0.05) is 110 Å². The zero-order chi connectivity index (χ0) is 30.8. The fourth-order valence-electron chi connectivity index (χ4n) is 5.71. The van der Waals surface area contributed by atoms with E-state index in [4.69, 9.17) is 0 Å². The molecule has 0 radical (unpaired) electrons. The quantitative estimate of drug-likeness (QED) is 0.129. The number of aryl methyl sites for hydroxylation is 1. The minimum atomic E-state index is -4.36. The molecule has 0 saturated carbocycles. The molecule has 6 rings (SSSR count). The highest BCUT2D eigenvalue weighted by Gasteiger charge is 2.37. The maximum absolute atomic E-state index is 12.7. The summed E-state index contributed by atoms with van der Waals surface area (Å²) in [5, 5.41) is 0.841. The first-order valence-electron chi connectivity index (χ1n) is 14.9. The molecule has 4 aromatic carbocycles. The van der Waals surface area contributed by atoms with Gasteiger partial charge in [0, 0.05) is 17.0 Å². The van der Waals surface area contributed by atoms with Crippen LogP contribution in [0.25, 0.3) is 38.5 Å². The molecule has 224 valence electrons. The number of aromatic nitrogens is 1. The lowest BCUT2D eigenvalue weighted by atomic mass is 10.0. The van der Waals surface area contributed by atoms with E-state index in [2.05, 4.69) is 79.1 Å². The summed E-state index contributed by atoms with van der Waals surface area (Å²) in [5.74, 6) is 0. The lowest BCUT2D eigenvalue weighted by Gasteiger charge is -2.28. The maximum atomic E-state index is 12.7. The highest BCUT2D eigenvalue weighted by Crippen LogP contribution is 2.50. The number of anilines is 1. The second-order valence-corrected chi connectivity index (χ2v) is 14.4. The molecule has 0 fully saturated rings. The molecule has 1 unspecified atom stereocenters. The number of benzene rings is 4. The van der Waals surface area contributed by atoms with E-state index in [1.54, 1.807) is 34.9 Å². The number of nitrogens with zero attached hydrogens (tertiary/aromatic N) is 2. The van der Waals surface area contributed by atoms with Crippen molar-refractivity contribution in [2.24, 2.45) is 0 Å². The number of fused-ring (bicyclic) bond motifs is 2. The lowest BCUT2D eigenvalue weighted by Crippen LogP contribution is -2.38. The van der Waals surface area contributed by atoms with Crippen LogP contribution in [-0.4, -0.2) is 18.3 Å². The Labute approximate surface area is 267 Å². The molecule has 0 saturated heterocycles. The van der Waals surface area contributed by atoms with Gasteiger partial charge in [0.25, 0.3) is 15.1 Å². The highest BCUT2D eigenvalue weighted by molar-refractivity contribution is 8.03. The average molecular weight is 640 g/mol. The zero-order valence-corrected chi connectivity index (χ0v) is 27.4. The van der Waals surface area contributed by atoms with Crippen molar-refractivity contribution >= 4 is 55.2 Å². The maximum Gasteiger partial charge on any atom is 0.286 e. The molecule has 2 heterocycles. The van der Waals surface area contributed by atoms with E-state index >= 15 is 0 Å². The largest absolute Gasteiger partial charge is 0.315 e. The van der Waals surface area contributed by atoms with Crippen LogP contribution in [0.3, 0.4) is 0 Å². The van der Waals surface area contributed by atoms with E-state index in [-0.39, 0.29) is 6.42 Å². The average Bonchev–Trinajstić information content (AvgIpc) is 3.57. The van der Waals surface area contributed by atoms with Crippen LogP contribution in [0.5, 0.6) is 0 Å². The number of hydrogen-bond donors (Lipinski definition) is 1. The van der Waals surface area contributed by atoms with Crippen molar-refractivity contribution < 1.29 is 17.5 Å². The van der Waals surface area contributed by atoms with Gasteiger partial charge in [-0.25, -0.2) is 0 Å². The van der Waals surface area contributed by atoms with E-state index in [0.29, 0.717) is 0 Å². The molecule has 1 aliphatic heterocycles. The number of hydrogen-bond acceptors (Lipinski definition) is 5. The van der Waals surface area contributed by atoms with E-state index in [9.17, 15) is 13.0 Å². The van der Waals surface area contributed by atoms with Crippen LogP contribution in [-0.2, 0) is 16.7 Å². The van der Waals surface area contributed by atoms with Crippen LogP contribution < -0.4 is 9.47 Å². The fraction of sp³-hybridized carbons (Fsp3) is 0.194. The topological polar surface area (TPSA) is 61.5 Å². The molecule has 44 heavy (non-hydrogen) atoms. The Balaban J connectivity index is 1.43. The van der Waals surface area contributed by atoms with Crippen molar-refractivity contribution in [2.45, 2.75) is 50.4 Å². The van der Waals surface area contributed by atoms with Crippen molar-refractivity contribution in [3.05, 3.63) is 119 Å². The SMILES string of the molecule is CCC(=Cc1sc2ccc(-c3ccccc3)cc2[n+]1CC)C=C1Sc2ccc(-c3ccccc3)cc2N1C(CC)S(=O)(=O)O. The first kappa shape index (κ1) is 30.3. The van der Waals surface area contributed by atoms with Gasteiger partial charge in [-0.15, -0.1) is 0 Å². The van der Waals surface area contributed by atoms with Gasteiger partial charge >= 0.3 is 0 Å². The Morgan fingerprint density at radius 2 is 1.50 bits per heavy atom. The van der Waals surface area contributed by atoms with Crippen molar-refractivity contribution in [3.63, 3.8) is 0 Å². The van der Waals surface area contributed by atoms with Crippen LogP contribution in [0.15, 0.2) is 119 Å². The number of rotatable bonds is 9. The Hall–Kier alpha value is -3.69. The van der Waals surface area contributed by atoms with E-state index in [0.717, 1.165) is 50.3 Å². The normalized spacial score (nSPS) is 15.2. The van der Waals surface area contributed by atoms with Gasteiger partial charge in [-0.05, 0) is 71.9 Å². The van der Waals surface area contributed by atoms with Crippen LogP contribution in [0.2, 0.25) is 0 Å². The Morgan fingerprint density at radius 3 is 2.09 bits per heavy atom. The van der Waals surface area contributed by atoms with Gasteiger partial charge < -0.3 is 4.90 Å². The standard InChI is InChI=1S/C36H34N2O3S3/c1-4-25(21-34-37(6-3)30-23-28(17-19-32(30)42-34)26-13-9-7-10-14-26)22-35-38(36(5-2)44(39,40)41)31-24-29(18-20-33(31)43-35)27-15-11-8-12-16-27/h7-24,36H,4-6H2,1-3H3/p+1. The summed E-state index contributed by atoms with van der Waals surface area (Å²) in [5.41, 5.74) is 7.50.